The van der Waals surface area contributed by atoms with Gasteiger partial charge in [-0.25, -0.2) is 9.48 Å². The Bertz CT molecular complexity index is 1020. The van der Waals surface area contributed by atoms with Gasteiger partial charge in [0.2, 0.25) is 5.88 Å². The minimum atomic E-state index is -0.142. The second-order valence-electron chi connectivity index (χ2n) is 7.54. The first kappa shape index (κ1) is 24.1. The Morgan fingerprint density at radius 3 is 2.39 bits per heavy atom. The van der Waals surface area contributed by atoms with E-state index in [1.54, 1.807) is 23.8 Å². The first-order valence-corrected chi connectivity index (χ1v) is 11.0. The van der Waals surface area contributed by atoms with Crippen LogP contribution in [0.3, 0.4) is 0 Å². The summed E-state index contributed by atoms with van der Waals surface area (Å²) in [6.45, 7) is 5.77. The molecule has 0 aliphatic rings. The zero-order valence-electron chi connectivity index (χ0n) is 19.7. The third-order valence-electron chi connectivity index (χ3n) is 5.14. The maximum absolute atomic E-state index is 12.8. The van der Waals surface area contributed by atoms with Crippen molar-refractivity contribution in [1.82, 2.24) is 20.0 Å². The van der Waals surface area contributed by atoms with E-state index in [1.165, 1.54) is 0 Å². The Morgan fingerprint density at radius 1 is 1.06 bits per heavy atom. The molecule has 0 aliphatic carbocycles. The van der Waals surface area contributed by atoms with Crippen molar-refractivity contribution in [2.75, 3.05) is 33.9 Å². The predicted molar refractivity (Wildman–Crippen MR) is 127 cm³/mol. The van der Waals surface area contributed by atoms with E-state index < -0.39 is 0 Å². The van der Waals surface area contributed by atoms with Gasteiger partial charge in [-0.3, -0.25) is 0 Å². The van der Waals surface area contributed by atoms with E-state index in [-0.39, 0.29) is 6.03 Å². The van der Waals surface area contributed by atoms with E-state index >= 15 is 0 Å². The van der Waals surface area contributed by atoms with Crippen LogP contribution in [0, 0.1) is 6.92 Å². The fraction of sp³-hybridized carbons (Fsp3) is 0.360. The number of benzene rings is 2. The molecule has 3 aromatic rings. The largest absolute Gasteiger partial charge is 0.497 e. The van der Waals surface area contributed by atoms with Crippen molar-refractivity contribution in [3.05, 3.63) is 65.9 Å². The van der Waals surface area contributed by atoms with Crippen LogP contribution in [-0.4, -0.2) is 54.6 Å². The molecule has 0 atom stereocenters. The Balaban J connectivity index is 1.99. The third kappa shape index (κ3) is 6.26. The number of para-hydroxylation sites is 1. The molecule has 8 heteroatoms. The van der Waals surface area contributed by atoms with E-state index in [0.29, 0.717) is 37.9 Å². The lowest BCUT2D eigenvalue weighted by atomic mass is 10.2. The standard InChI is InChI=1S/C25H32N4O4/c1-5-15-26-25(30)28(16-17-31-3)18-23-19(2)27-29(20-9-7-6-8-10-20)24(23)33-22-13-11-21(32-4)12-14-22/h6-14H,5,15-18H2,1-4H3,(H,26,30). The number of rotatable bonds is 11. The van der Waals surface area contributed by atoms with Crippen molar-refractivity contribution in [3.63, 3.8) is 0 Å². The fourth-order valence-corrected chi connectivity index (χ4v) is 3.31. The molecule has 2 aromatic carbocycles. The Kier molecular flexibility index (Phi) is 8.71. The molecule has 0 fully saturated rings. The van der Waals surface area contributed by atoms with Crippen molar-refractivity contribution < 1.29 is 19.0 Å². The molecule has 0 unspecified atom stereocenters. The average molecular weight is 453 g/mol. The molecule has 3 rings (SSSR count). The molecule has 1 aromatic heterocycles. The smallest absolute Gasteiger partial charge is 0.317 e. The van der Waals surface area contributed by atoms with Gasteiger partial charge in [0.1, 0.15) is 11.5 Å². The number of methoxy groups -OCH3 is 2. The summed E-state index contributed by atoms with van der Waals surface area (Å²) >= 11 is 0. The van der Waals surface area contributed by atoms with Crippen LogP contribution >= 0.6 is 0 Å². The summed E-state index contributed by atoms with van der Waals surface area (Å²) in [4.78, 5) is 14.5. The van der Waals surface area contributed by atoms with Crippen LogP contribution < -0.4 is 14.8 Å². The van der Waals surface area contributed by atoms with Crippen LogP contribution in [0.1, 0.15) is 24.6 Å². The summed E-state index contributed by atoms with van der Waals surface area (Å²) in [5.41, 5.74) is 2.49. The van der Waals surface area contributed by atoms with Gasteiger partial charge in [0.25, 0.3) is 0 Å². The fourth-order valence-electron chi connectivity index (χ4n) is 3.31. The number of carbonyl (C=O) groups is 1. The molecule has 0 saturated heterocycles. The van der Waals surface area contributed by atoms with Crippen LogP contribution in [0.25, 0.3) is 5.69 Å². The van der Waals surface area contributed by atoms with Gasteiger partial charge in [-0.05, 0) is 49.7 Å². The van der Waals surface area contributed by atoms with Crippen LogP contribution in [0.15, 0.2) is 54.6 Å². The van der Waals surface area contributed by atoms with Gasteiger partial charge < -0.3 is 24.4 Å². The highest BCUT2D eigenvalue weighted by Crippen LogP contribution is 2.32. The molecule has 176 valence electrons. The lowest BCUT2D eigenvalue weighted by Gasteiger charge is -2.23. The molecule has 0 spiro atoms. The highest BCUT2D eigenvalue weighted by atomic mass is 16.5. The highest BCUT2D eigenvalue weighted by molar-refractivity contribution is 5.74. The number of carbonyl (C=O) groups excluding carboxylic acids is 1. The first-order chi connectivity index (χ1) is 16.1. The zero-order valence-corrected chi connectivity index (χ0v) is 19.7. The zero-order chi connectivity index (χ0) is 23.6. The van der Waals surface area contributed by atoms with E-state index in [9.17, 15) is 4.79 Å². The first-order valence-electron chi connectivity index (χ1n) is 11.0. The number of amides is 2. The number of urea groups is 1. The lowest BCUT2D eigenvalue weighted by Crippen LogP contribution is -2.41. The summed E-state index contributed by atoms with van der Waals surface area (Å²) in [5.74, 6) is 1.95. The Hall–Kier alpha value is -3.52. The van der Waals surface area contributed by atoms with E-state index in [4.69, 9.17) is 19.3 Å². The van der Waals surface area contributed by atoms with Crippen molar-refractivity contribution in [2.45, 2.75) is 26.8 Å². The summed E-state index contributed by atoms with van der Waals surface area (Å²) in [6, 6.07) is 17.0. The van der Waals surface area contributed by atoms with Gasteiger partial charge >= 0.3 is 6.03 Å². The van der Waals surface area contributed by atoms with E-state index in [1.807, 2.05) is 68.4 Å². The summed E-state index contributed by atoms with van der Waals surface area (Å²) < 4.78 is 18.6. The number of nitrogens with one attached hydrogen (secondary N) is 1. The highest BCUT2D eigenvalue weighted by Gasteiger charge is 2.23. The van der Waals surface area contributed by atoms with Crippen molar-refractivity contribution >= 4 is 6.03 Å². The van der Waals surface area contributed by atoms with E-state index in [2.05, 4.69) is 5.32 Å². The van der Waals surface area contributed by atoms with Gasteiger partial charge in [-0.2, -0.15) is 5.10 Å². The number of aryl methyl sites for hydroxylation is 1. The molecular weight excluding hydrogens is 420 g/mol. The predicted octanol–water partition coefficient (Wildman–Crippen LogP) is 4.55. The quantitative estimate of drug-likeness (QED) is 0.462. The van der Waals surface area contributed by atoms with Gasteiger partial charge in [0.15, 0.2) is 0 Å². The van der Waals surface area contributed by atoms with Crippen LogP contribution in [0.2, 0.25) is 0 Å². The number of hydrogen-bond acceptors (Lipinski definition) is 5. The van der Waals surface area contributed by atoms with Crippen LogP contribution in [-0.2, 0) is 11.3 Å². The normalized spacial score (nSPS) is 10.7. The molecular formula is C25H32N4O4. The molecule has 0 aliphatic heterocycles. The average Bonchev–Trinajstić information content (AvgIpc) is 3.15. The SMILES string of the molecule is CCCNC(=O)N(CCOC)Cc1c(C)nn(-c2ccccc2)c1Oc1ccc(OC)cc1. The molecule has 1 N–H and O–H groups in total. The van der Waals surface area contributed by atoms with Crippen LogP contribution in [0.4, 0.5) is 4.79 Å². The Morgan fingerprint density at radius 2 is 1.76 bits per heavy atom. The van der Waals surface area contributed by atoms with Crippen molar-refractivity contribution in [1.29, 1.82) is 0 Å². The molecule has 8 nitrogen and oxygen atoms in total. The maximum Gasteiger partial charge on any atom is 0.317 e. The second kappa shape index (κ2) is 11.9. The molecule has 0 saturated carbocycles. The van der Waals surface area contributed by atoms with Crippen molar-refractivity contribution in [3.8, 4) is 23.1 Å². The Labute approximate surface area is 195 Å². The molecule has 0 radical (unpaired) electrons. The van der Waals surface area contributed by atoms with Crippen LogP contribution in [0.5, 0.6) is 17.4 Å². The number of ether oxygens (including phenoxy) is 3. The molecule has 0 bridgehead atoms. The van der Waals surface area contributed by atoms with Gasteiger partial charge in [0, 0.05) is 20.2 Å². The number of nitrogens with zero attached hydrogens (tertiary/aromatic N) is 3. The topological polar surface area (TPSA) is 77.9 Å². The third-order valence-corrected chi connectivity index (χ3v) is 5.14. The second-order valence-corrected chi connectivity index (χ2v) is 7.54. The minimum absolute atomic E-state index is 0.142. The minimum Gasteiger partial charge on any atom is -0.497 e. The summed E-state index contributed by atoms with van der Waals surface area (Å²) in [6.07, 6.45) is 0.862. The number of hydrogen-bond donors (Lipinski definition) is 1. The monoisotopic (exact) mass is 452 g/mol. The summed E-state index contributed by atoms with van der Waals surface area (Å²) in [7, 11) is 3.25. The number of aromatic nitrogens is 2. The maximum atomic E-state index is 12.8. The van der Waals surface area contributed by atoms with Crippen molar-refractivity contribution in [2.24, 2.45) is 0 Å². The van der Waals surface area contributed by atoms with Gasteiger partial charge in [0.05, 0.1) is 37.2 Å². The van der Waals surface area contributed by atoms with E-state index in [0.717, 1.165) is 29.1 Å². The molecule has 2 amide bonds. The lowest BCUT2D eigenvalue weighted by molar-refractivity contribution is 0.146. The van der Waals surface area contributed by atoms with Gasteiger partial charge in [-0.15, -0.1) is 0 Å². The molecule has 33 heavy (non-hydrogen) atoms. The molecule has 1 heterocycles. The van der Waals surface area contributed by atoms with Gasteiger partial charge in [-0.1, -0.05) is 25.1 Å². The summed E-state index contributed by atoms with van der Waals surface area (Å²) in [5, 5.41) is 7.69.